The van der Waals surface area contributed by atoms with E-state index in [-0.39, 0.29) is 11.8 Å². The molecule has 0 aliphatic carbocycles. The Labute approximate surface area is 166 Å². The molecule has 2 amide bonds. The van der Waals surface area contributed by atoms with Gasteiger partial charge in [0.2, 0.25) is 0 Å². The van der Waals surface area contributed by atoms with Crippen molar-refractivity contribution in [2.75, 3.05) is 23.5 Å². The summed E-state index contributed by atoms with van der Waals surface area (Å²) in [6, 6.07) is 14.6. The van der Waals surface area contributed by atoms with Crippen LogP contribution in [0.25, 0.3) is 5.57 Å². The normalized spacial score (nSPS) is 19.1. The number of ether oxygens (including phenoxy) is 1. The number of benzene rings is 2. The van der Waals surface area contributed by atoms with E-state index in [9.17, 15) is 9.59 Å². The van der Waals surface area contributed by atoms with Crippen LogP contribution in [0.2, 0.25) is 0 Å². The zero-order valence-corrected chi connectivity index (χ0v) is 16.4. The lowest BCUT2D eigenvalue weighted by atomic mass is 10.1. The molecule has 2 aromatic rings. The first kappa shape index (κ1) is 17.8. The van der Waals surface area contributed by atoms with Crippen LogP contribution in [-0.2, 0) is 9.59 Å². The molecule has 0 saturated carbocycles. The fourth-order valence-corrected chi connectivity index (χ4v) is 4.56. The summed E-state index contributed by atoms with van der Waals surface area (Å²) in [5.41, 5.74) is 2.63. The summed E-state index contributed by atoms with van der Waals surface area (Å²) in [4.78, 5) is 29.3. The monoisotopic (exact) mass is 396 g/mol. The number of carbonyl (C=O) groups is 2. The van der Waals surface area contributed by atoms with Crippen LogP contribution in [0.3, 0.4) is 0 Å². The predicted molar refractivity (Wildman–Crippen MR) is 112 cm³/mol. The maximum absolute atomic E-state index is 13.1. The minimum Gasteiger partial charge on any atom is -0.494 e. The van der Waals surface area contributed by atoms with Gasteiger partial charge < -0.3 is 9.64 Å². The van der Waals surface area contributed by atoms with Gasteiger partial charge in [0.25, 0.3) is 11.8 Å². The highest BCUT2D eigenvalue weighted by molar-refractivity contribution is 8.27. The summed E-state index contributed by atoms with van der Waals surface area (Å²) in [6.07, 6.45) is 0. The third kappa shape index (κ3) is 2.83. The second-order valence-corrected chi connectivity index (χ2v) is 7.67. The molecule has 2 aliphatic heterocycles. The second kappa shape index (κ2) is 6.83. The fourth-order valence-electron chi connectivity index (χ4n) is 3.19. The van der Waals surface area contributed by atoms with Crippen molar-refractivity contribution in [2.24, 2.45) is 0 Å². The number of fused-ring (bicyclic) bond motifs is 1. The van der Waals surface area contributed by atoms with Crippen LogP contribution < -0.4 is 14.5 Å². The first-order valence-corrected chi connectivity index (χ1v) is 9.66. The van der Waals surface area contributed by atoms with E-state index in [0.29, 0.717) is 27.1 Å². The zero-order valence-electron chi connectivity index (χ0n) is 14.8. The third-order valence-corrected chi connectivity index (χ3v) is 5.83. The molecule has 0 atom stereocenters. The Kier molecular flexibility index (Phi) is 4.49. The van der Waals surface area contributed by atoms with Gasteiger partial charge in [0.15, 0.2) is 4.32 Å². The molecule has 1 saturated heterocycles. The lowest BCUT2D eigenvalue weighted by Crippen LogP contribution is -2.28. The Morgan fingerprint density at radius 2 is 1.74 bits per heavy atom. The van der Waals surface area contributed by atoms with Crippen LogP contribution in [0.4, 0.5) is 11.4 Å². The Bertz CT molecular complexity index is 999. The number of hydrogen-bond acceptors (Lipinski definition) is 5. The summed E-state index contributed by atoms with van der Waals surface area (Å²) in [7, 11) is 1.71. The number of thioether (sulfide) groups is 1. The first-order chi connectivity index (χ1) is 13.0. The number of amides is 2. The Hall–Kier alpha value is -2.64. The highest BCUT2D eigenvalue weighted by Gasteiger charge is 2.41. The molecule has 0 unspecified atom stereocenters. The van der Waals surface area contributed by atoms with Crippen molar-refractivity contribution in [3.63, 3.8) is 0 Å². The van der Waals surface area contributed by atoms with Gasteiger partial charge in [0, 0.05) is 12.6 Å². The number of nitrogens with zero attached hydrogens (tertiary/aromatic N) is 2. The van der Waals surface area contributed by atoms with E-state index >= 15 is 0 Å². The van der Waals surface area contributed by atoms with Crippen molar-refractivity contribution >= 4 is 57.1 Å². The summed E-state index contributed by atoms with van der Waals surface area (Å²) in [5, 5.41) is 0. The lowest BCUT2D eigenvalue weighted by Gasteiger charge is -2.15. The molecule has 0 aromatic heterocycles. The standard InChI is InChI=1S/C20H16N2O3S2/c1-3-25-13-10-8-12(9-11-13)22-19(24)17(27-20(22)26)16-14-6-4-5-7-15(14)21(2)18(16)23/h4-11H,3H2,1-2H3/b17-16-. The molecular formula is C20H16N2O3S2. The number of likely N-dealkylation sites (N-methyl/N-ethyl adjacent to an activating group) is 1. The van der Waals surface area contributed by atoms with Crippen LogP contribution in [0.1, 0.15) is 12.5 Å². The molecule has 2 aliphatic rings. The van der Waals surface area contributed by atoms with E-state index in [1.54, 1.807) is 36.2 Å². The van der Waals surface area contributed by atoms with Gasteiger partial charge in [-0.25, -0.2) is 0 Å². The Morgan fingerprint density at radius 1 is 1.04 bits per heavy atom. The molecule has 136 valence electrons. The number of rotatable bonds is 3. The van der Waals surface area contributed by atoms with E-state index in [2.05, 4.69) is 0 Å². The average Bonchev–Trinajstić information content (AvgIpc) is 3.10. The van der Waals surface area contributed by atoms with Crippen molar-refractivity contribution in [1.29, 1.82) is 0 Å². The molecule has 0 N–H and O–H groups in total. The number of anilines is 2. The van der Waals surface area contributed by atoms with Crippen LogP contribution in [0, 0.1) is 0 Å². The average molecular weight is 396 g/mol. The lowest BCUT2D eigenvalue weighted by molar-refractivity contribution is -0.115. The molecule has 1 fully saturated rings. The van der Waals surface area contributed by atoms with Crippen molar-refractivity contribution < 1.29 is 14.3 Å². The molecular weight excluding hydrogens is 380 g/mol. The van der Waals surface area contributed by atoms with Crippen LogP contribution >= 0.6 is 24.0 Å². The van der Waals surface area contributed by atoms with E-state index in [4.69, 9.17) is 17.0 Å². The quantitative estimate of drug-likeness (QED) is 0.583. The first-order valence-electron chi connectivity index (χ1n) is 8.43. The van der Waals surface area contributed by atoms with Gasteiger partial charge in [-0.1, -0.05) is 42.2 Å². The van der Waals surface area contributed by atoms with E-state index in [1.165, 1.54) is 16.7 Å². The number of carbonyl (C=O) groups excluding carboxylic acids is 2. The van der Waals surface area contributed by atoms with Crippen LogP contribution in [0.5, 0.6) is 5.75 Å². The Balaban J connectivity index is 1.75. The topological polar surface area (TPSA) is 49.9 Å². The zero-order chi connectivity index (χ0) is 19.1. The van der Waals surface area contributed by atoms with Gasteiger partial charge >= 0.3 is 0 Å². The number of para-hydroxylation sites is 1. The molecule has 0 radical (unpaired) electrons. The van der Waals surface area contributed by atoms with Crippen LogP contribution in [0.15, 0.2) is 53.4 Å². The summed E-state index contributed by atoms with van der Waals surface area (Å²) in [5.74, 6) is 0.262. The summed E-state index contributed by atoms with van der Waals surface area (Å²) < 4.78 is 5.85. The molecule has 2 aromatic carbocycles. The number of hydrogen-bond donors (Lipinski definition) is 0. The highest BCUT2D eigenvalue weighted by atomic mass is 32.2. The van der Waals surface area contributed by atoms with Crippen molar-refractivity contribution in [1.82, 2.24) is 0 Å². The van der Waals surface area contributed by atoms with Gasteiger partial charge in [-0.05, 0) is 37.3 Å². The summed E-state index contributed by atoms with van der Waals surface area (Å²) >= 11 is 6.61. The van der Waals surface area contributed by atoms with Crippen LogP contribution in [-0.4, -0.2) is 29.8 Å². The maximum Gasteiger partial charge on any atom is 0.271 e. The van der Waals surface area contributed by atoms with Crippen molar-refractivity contribution in [3.05, 3.63) is 59.0 Å². The SMILES string of the molecule is CCOc1ccc(N2C(=O)/C(=C3/C(=O)N(C)c4ccccc43)SC2=S)cc1. The molecule has 0 spiro atoms. The fraction of sp³-hybridized carbons (Fsp3) is 0.150. The van der Waals surface area contributed by atoms with E-state index in [0.717, 1.165) is 17.0 Å². The molecule has 27 heavy (non-hydrogen) atoms. The molecule has 4 rings (SSSR count). The van der Waals surface area contributed by atoms with Gasteiger partial charge in [-0.15, -0.1) is 0 Å². The molecule has 7 heteroatoms. The summed E-state index contributed by atoms with van der Waals surface area (Å²) in [6.45, 7) is 2.48. The van der Waals surface area contributed by atoms with Gasteiger partial charge in [-0.3, -0.25) is 14.5 Å². The van der Waals surface area contributed by atoms with Gasteiger partial charge in [-0.2, -0.15) is 0 Å². The highest BCUT2D eigenvalue weighted by Crippen LogP contribution is 2.45. The molecule has 2 heterocycles. The maximum atomic E-state index is 13.1. The molecule has 5 nitrogen and oxygen atoms in total. The minimum atomic E-state index is -0.275. The Morgan fingerprint density at radius 3 is 2.44 bits per heavy atom. The largest absolute Gasteiger partial charge is 0.494 e. The van der Waals surface area contributed by atoms with Gasteiger partial charge in [0.05, 0.1) is 28.5 Å². The third-order valence-electron chi connectivity index (χ3n) is 4.46. The van der Waals surface area contributed by atoms with E-state index < -0.39 is 0 Å². The second-order valence-electron chi connectivity index (χ2n) is 6.02. The predicted octanol–water partition coefficient (Wildman–Crippen LogP) is 3.84. The van der Waals surface area contributed by atoms with Gasteiger partial charge in [0.1, 0.15) is 5.75 Å². The van der Waals surface area contributed by atoms with Crippen molar-refractivity contribution in [3.8, 4) is 5.75 Å². The number of thiocarbonyl (C=S) groups is 1. The smallest absolute Gasteiger partial charge is 0.271 e. The molecule has 0 bridgehead atoms. The van der Waals surface area contributed by atoms with Crippen molar-refractivity contribution in [2.45, 2.75) is 6.92 Å². The van der Waals surface area contributed by atoms with E-state index in [1.807, 2.05) is 31.2 Å². The minimum absolute atomic E-state index is 0.191.